The largest absolute Gasteiger partial charge is 0.417 e. The third-order valence-electron chi connectivity index (χ3n) is 4.08. The van der Waals surface area contributed by atoms with E-state index in [1.165, 1.54) is 12.3 Å². The molecule has 3 aromatic heterocycles. The van der Waals surface area contributed by atoms with Crippen molar-refractivity contribution in [2.24, 2.45) is 0 Å². The van der Waals surface area contributed by atoms with Gasteiger partial charge >= 0.3 is 12.4 Å². The van der Waals surface area contributed by atoms with Crippen LogP contribution in [0.25, 0.3) is 34.2 Å². The minimum atomic E-state index is -5.02. The first kappa shape index (κ1) is 19.6. The van der Waals surface area contributed by atoms with Crippen LogP contribution in [0.1, 0.15) is 11.1 Å². The zero-order chi connectivity index (χ0) is 21.5. The molecule has 1 N–H and O–H groups in total. The van der Waals surface area contributed by atoms with Crippen molar-refractivity contribution >= 4 is 0 Å². The van der Waals surface area contributed by atoms with Crippen LogP contribution in [0, 0.1) is 0 Å². The Morgan fingerprint density at radius 2 is 1.73 bits per heavy atom. The number of nitrogens with one attached hydrogen (secondary N) is 1. The van der Waals surface area contributed by atoms with E-state index in [4.69, 9.17) is 4.52 Å². The monoisotopic (exact) mass is 425 g/mol. The molecule has 30 heavy (non-hydrogen) atoms. The second-order valence-corrected chi connectivity index (χ2v) is 6.09. The molecule has 4 aromatic rings. The molecule has 0 saturated carbocycles. The topological polar surface area (TPSA) is 80.5 Å². The molecule has 154 valence electrons. The lowest BCUT2D eigenvalue weighted by atomic mass is 10.0. The van der Waals surface area contributed by atoms with Gasteiger partial charge in [0.1, 0.15) is 5.69 Å². The number of alkyl halides is 6. The molecule has 0 aliphatic carbocycles. The van der Waals surface area contributed by atoms with Crippen molar-refractivity contribution in [3.8, 4) is 34.2 Å². The molecule has 1 aromatic carbocycles. The Labute approximate surface area is 163 Å². The Kier molecular flexibility index (Phi) is 4.56. The third-order valence-corrected chi connectivity index (χ3v) is 4.08. The van der Waals surface area contributed by atoms with E-state index in [-0.39, 0.29) is 29.2 Å². The van der Waals surface area contributed by atoms with Crippen molar-refractivity contribution in [3.05, 3.63) is 59.9 Å². The highest BCUT2D eigenvalue weighted by Crippen LogP contribution is 2.41. The number of aromatic nitrogens is 5. The molecule has 4 rings (SSSR count). The van der Waals surface area contributed by atoms with Gasteiger partial charge in [-0.25, -0.2) is 0 Å². The maximum absolute atomic E-state index is 13.4. The van der Waals surface area contributed by atoms with Crippen LogP contribution in [0.4, 0.5) is 26.3 Å². The number of halogens is 6. The Morgan fingerprint density at radius 1 is 0.933 bits per heavy atom. The Bertz CT molecular complexity index is 1180. The van der Waals surface area contributed by atoms with E-state index in [0.29, 0.717) is 11.6 Å². The number of benzene rings is 1. The van der Waals surface area contributed by atoms with Gasteiger partial charge in [0.25, 0.3) is 5.89 Å². The summed E-state index contributed by atoms with van der Waals surface area (Å²) in [6, 6.07) is 5.85. The predicted octanol–water partition coefficient (Wildman–Crippen LogP) is 5.23. The van der Waals surface area contributed by atoms with E-state index in [9.17, 15) is 26.3 Å². The van der Waals surface area contributed by atoms with Gasteiger partial charge in [-0.15, -0.1) is 0 Å². The molecule has 0 fully saturated rings. The third kappa shape index (κ3) is 3.75. The molecule has 0 unspecified atom stereocenters. The van der Waals surface area contributed by atoms with E-state index in [0.717, 1.165) is 6.07 Å². The van der Waals surface area contributed by atoms with Gasteiger partial charge in [0, 0.05) is 23.5 Å². The molecule has 12 heteroatoms. The molecular formula is C18H9F6N5O. The summed E-state index contributed by atoms with van der Waals surface area (Å²) in [7, 11) is 0. The molecule has 3 heterocycles. The molecular weight excluding hydrogens is 416 g/mol. The fourth-order valence-corrected chi connectivity index (χ4v) is 2.69. The number of aromatic amines is 1. The molecule has 0 atom stereocenters. The van der Waals surface area contributed by atoms with Crippen molar-refractivity contribution in [1.82, 2.24) is 25.3 Å². The fraction of sp³-hybridized carbons (Fsp3) is 0.111. The van der Waals surface area contributed by atoms with Gasteiger partial charge < -0.3 is 4.52 Å². The van der Waals surface area contributed by atoms with Gasteiger partial charge in [0.05, 0.1) is 16.8 Å². The van der Waals surface area contributed by atoms with Crippen molar-refractivity contribution in [2.75, 3.05) is 0 Å². The zero-order valence-corrected chi connectivity index (χ0v) is 14.6. The Morgan fingerprint density at radius 3 is 2.40 bits per heavy atom. The summed E-state index contributed by atoms with van der Waals surface area (Å²) >= 11 is 0. The highest BCUT2D eigenvalue weighted by atomic mass is 19.4. The molecule has 0 bridgehead atoms. The van der Waals surface area contributed by atoms with Crippen LogP contribution in [0.2, 0.25) is 0 Å². The van der Waals surface area contributed by atoms with Crippen LogP contribution in [0.3, 0.4) is 0 Å². The lowest BCUT2D eigenvalue weighted by Crippen LogP contribution is -2.12. The minimum absolute atomic E-state index is 0.0525. The SMILES string of the molecule is FC(F)(F)c1ccc(-c2cc(-c3nc(-c4cccnc4)no3)[nH]n2)c(C(F)(F)F)c1. The van der Waals surface area contributed by atoms with Crippen LogP contribution < -0.4 is 0 Å². The van der Waals surface area contributed by atoms with E-state index in [2.05, 4.69) is 25.3 Å². The summed E-state index contributed by atoms with van der Waals surface area (Å²) in [5.41, 5.74) is -2.98. The average Bonchev–Trinajstić information content (AvgIpc) is 3.36. The zero-order valence-electron chi connectivity index (χ0n) is 14.6. The Balaban J connectivity index is 1.72. The predicted molar refractivity (Wildman–Crippen MR) is 90.6 cm³/mol. The van der Waals surface area contributed by atoms with Gasteiger partial charge in [0.15, 0.2) is 0 Å². The molecule has 0 saturated heterocycles. The Hall–Kier alpha value is -3.70. The minimum Gasteiger partial charge on any atom is -0.332 e. The number of pyridine rings is 1. The van der Waals surface area contributed by atoms with Gasteiger partial charge in [0.2, 0.25) is 5.82 Å². The van der Waals surface area contributed by atoms with Gasteiger partial charge in [-0.05, 0) is 30.3 Å². The van der Waals surface area contributed by atoms with Gasteiger partial charge in [-0.2, -0.15) is 36.4 Å². The standard InChI is InChI=1S/C18H9F6N5O/c19-17(20,21)10-3-4-11(12(6-10)18(22,23)24)13-7-14(28-27-13)16-26-15(29-30-16)9-2-1-5-25-8-9/h1-8H,(H,27,28). The first-order chi connectivity index (χ1) is 14.1. The highest BCUT2D eigenvalue weighted by Gasteiger charge is 2.38. The second kappa shape index (κ2) is 6.97. The second-order valence-electron chi connectivity index (χ2n) is 6.09. The van der Waals surface area contributed by atoms with E-state index < -0.39 is 29.0 Å². The summed E-state index contributed by atoms with van der Waals surface area (Å²) in [5.74, 6) is 0.132. The maximum atomic E-state index is 13.4. The molecule has 0 spiro atoms. The van der Waals surface area contributed by atoms with Gasteiger partial charge in [-0.3, -0.25) is 10.1 Å². The van der Waals surface area contributed by atoms with E-state index in [1.807, 2.05) is 0 Å². The summed E-state index contributed by atoms with van der Waals surface area (Å²) in [6.07, 6.45) is -6.89. The van der Waals surface area contributed by atoms with Crippen LogP contribution in [-0.2, 0) is 12.4 Å². The van der Waals surface area contributed by atoms with E-state index >= 15 is 0 Å². The number of nitrogens with zero attached hydrogens (tertiary/aromatic N) is 4. The molecule has 0 amide bonds. The number of rotatable bonds is 3. The number of hydrogen-bond donors (Lipinski definition) is 1. The first-order valence-corrected chi connectivity index (χ1v) is 8.21. The smallest absolute Gasteiger partial charge is 0.332 e. The van der Waals surface area contributed by atoms with Crippen LogP contribution in [0.5, 0.6) is 0 Å². The molecule has 6 nitrogen and oxygen atoms in total. The van der Waals surface area contributed by atoms with Crippen LogP contribution in [0.15, 0.2) is 53.3 Å². The van der Waals surface area contributed by atoms with Crippen molar-refractivity contribution in [1.29, 1.82) is 0 Å². The van der Waals surface area contributed by atoms with E-state index in [1.54, 1.807) is 18.3 Å². The van der Waals surface area contributed by atoms with Crippen molar-refractivity contribution in [3.63, 3.8) is 0 Å². The molecule has 0 aliphatic rings. The normalized spacial score (nSPS) is 12.3. The molecule has 0 radical (unpaired) electrons. The molecule has 0 aliphatic heterocycles. The fourth-order valence-electron chi connectivity index (χ4n) is 2.69. The van der Waals surface area contributed by atoms with Crippen LogP contribution in [-0.4, -0.2) is 25.3 Å². The van der Waals surface area contributed by atoms with Crippen LogP contribution >= 0.6 is 0 Å². The summed E-state index contributed by atoms with van der Waals surface area (Å²) in [4.78, 5) is 8.03. The summed E-state index contributed by atoms with van der Waals surface area (Å²) in [5, 5.41) is 9.98. The summed E-state index contributed by atoms with van der Waals surface area (Å²) in [6.45, 7) is 0. The number of hydrogen-bond acceptors (Lipinski definition) is 5. The maximum Gasteiger partial charge on any atom is 0.417 e. The average molecular weight is 425 g/mol. The van der Waals surface area contributed by atoms with Gasteiger partial charge in [-0.1, -0.05) is 11.2 Å². The first-order valence-electron chi connectivity index (χ1n) is 8.21. The van der Waals surface area contributed by atoms with Crippen molar-refractivity contribution < 1.29 is 30.9 Å². The lowest BCUT2D eigenvalue weighted by Gasteiger charge is -2.14. The van der Waals surface area contributed by atoms with Crippen molar-refractivity contribution in [2.45, 2.75) is 12.4 Å². The quantitative estimate of drug-likeness (QED) is 0.455. The lowest BCUT2D eigenvalue weighted by molar-refractivity contribution is -0.142. The highest BCUT2D eigenvalue weighted by molar-refractivity contribution is 5.69. The number of H-pyrrole nitrogens is 1. The summed E-state index contributed by atoms with van der Waals surface area (Å²) < 4.78 is 83.7.